The number of carbonyl (C=O) groups is 1. The van der Waals surface area contributed by atoms with Crippen LogP contribution in [0.1, 0.15) is 24.2 Å². The summed E-state index contributed by atoms with van der Waals surface area (Å²) < 4.78 is 12.3. The van der Waals surface area contributed by atoms with Gasteiger partial charge in [-0.15, -0.1) is 11.8 Å². The number of aromatic nitrogens is 1. The normalized spacial score (nSPS) is 14.8. The minimum Gasteiger partial charge on any atom is -0.491 e. The number of ether oxygens (including phenoxy) is 2. The Balaban J connectivity index is 1.59. The highest BCUT2D eigenvalue weighted by molar-refractivity contribution is 7.98. The van der Waals surface area contributed by atoms with Crippen molar-refractivity contribution in [1.29, 1.82) is 0 Å². The van der Waals surface area contributed by atoms with E-state index >= 15 is 0 Å². The average Bonchev–Trinajstić information content (AvgIpc) is 3.22. The quantitative estimate of drug-likeness (QED) is 0.441. The van der Waals surface area contributed by atoms with Crippen LogP contribution in [0.15, 0.2) is 47.4 Å². The second kappa shape index (κ2) is 10.7. The average molecular weight is 472 g/mol. The van der Waals surface area contributed by atoms with Gasteiger partial charge in [-0.05, 0) is 62.6 Å². The number of nitrogens with zero attached hydrogens (tertiary/aromatic N) is 3. The molecule has 1 saturated heterocycles. The highest BCUT2D eigenvalue weighted by atomic mass is 32.2. The van der Waals surface area contributed by atoms with Crippen molar-refractivity contribution in [2.24, 2.45) is 0 Å². The van der Waals surface area contributed by atoms with Crippen molar-refractivity contribution in [1.82, 2.24) is 9.88 Å². The van der Waals surface area contributed by atoms with Gasteiger partial charge in [-0.3, -0.25) is 14.6 Å². The van der Waals surface area contributed by atoms with Gasteiger partial charge < -0.3 is 9.47 Å². The van der Waals surface area contributed by atoms with Crippen LogP contribution in [0, 0.1) is 0 Å². The number of thiazole rings is 1. The van der Waals surface area contributed by atoms with E-state index < -0.39 is 0 Å². The van der Waals surface area contributed by atoms with E-state index in [2.05, 4.69) is 23.3 Å². The van der Waals surface area contributed by atoms with Crippen LogP contribution in [0.2, 0.25) is 0 Å². The standard InChI is InChI=1S/C24H29N3O3S2/c1-17(2)30-19-6-4-18(5-7-19)23(28)27(11-10-26-12-14-29-15-13-26)24-25-21-9-8-20(31-3)16-22(21)32-24/h4-9,16-17H,10-15H2,1-3H3. The molecule has 1 aliphatic rings. The molecular formula is C24H29N3O3S2. The van der Waals surface area contributed by atoms with Gasteiger partial charge in [0, 0.05) is 36.6 Å². The van der Waals surface area contributed by atoms with Crippen LogP contribution in [0.4, 0.5) is 5.13 Å². The molecule has 1 fully saturated rings. The molecule has 1 amide bonds. The van der Waals surface area contributed by atoms with Crippen molar-refractivity contribution < 1.29 is 14.3 Å². The Bertz CT molecular complexity index is 1050. The van der Waals surface area contributed by atoms with Crippen molar-refractivity contribution in [2.75, 3.05) is 50.5 Å². The Kier molecular flexibility index (Phi) is 7.67. The maximum absolute atomic E-state index is 13.6. The molecular weight excluding hydrogens is 442 g/mol. The fraction of sp³-hybridized carbons (Fsp3) is 0.417. The number of morpholine rings is 1. The lowest BCUT2D eigenvalue weighted by Crippen LogP contribution is -2.43. The van der Waals surface area contributed by atoms with Gasteiger partial charge in [-0.2, -0.15) is 0 Å². The number of fused-ring (bicyclic) bond motifs is 1. The molecule has 0 bridgehead atoms. The Labute approximate surface area is 197 Å². The maximum atomic E-state index is 13.6. The van der Waals surface area contributed by atoms with Gasteiger partial charge in [0.2, 0.25) is 0 Å². The van der Waals surface area contributed by atoms with Crippen molar-refractivity contribution in [2.45, 2.75) is 24.8 Å². The van der Waals surface area contributed by atoms with Crippen molar-refractivity contribution in [3.05, 3.63) is 48.0 Å². The molecule has 2 aromatic carbocycles. The largest absolute Gasteiger partial charge is 0.491 e. The van der Waals surface area contributed by atoms with E-state index in [0.717, 1.165) is 53.9 Å². The monoisotopic (exact) mass is 471 g/mol. The lowest BCUT2D eigenvalue weighted by Gasteiger charge is -2.29. The van der Waals surface area contributed by atoms with Crippen molar-refractivity contribution >= 4 is 44.4 Å². The number of thioether (sulfide) groups is 1. The van der Waals surface area contributed by atoms with Gasteiger partial charge in [-0.25, -0.2) is 4.98 Å². The minimum atomic E-state index is -0.0431. The van der Waals surface area contributed by atoms with Crippen LogP contribution in [-0.2, 0) is 4.74 Å². The number of benzene rings is 2. The summed E-state index contributed by atoms with van der Waals surface area (Å²) in [4.78, 5) is 23.7. The van der Waals surface area contributed by atoms with Crippen LogP contribution < -0.4 is 9.64 Å². The first-order valence-corrected chi connectivity index (χ1v) is 12.9. The van der Waals surface area contributed by atoms with E-state index in [1.54, 1.807) is 23.1 Å². The van der Waals surface area contributed by atoms with E-state index in [4.69, 9.17) is 14.5 Å². The molecule has 0 atom stereocenters. The smallest absolute Gasteiger partial charge is 0.260 e. The molecule has 0 unspecified atom stereocenters. The molecule has 0 spiro atoms. The van der Waals surface area contributed by atoms with Crippen molar-refractivity contribution in [3.63, 3.8) is 0 Å². The molecule has 6 nitrogen and oxygen atoms in total. The summed E-state index contributed by atoms with van der Waals surface area (Å²) in [5, 5.41) is 0.735. The molecule has 1 aromatic heterocycles. The summed E-state index contributed by atoms with van der Waals surface area (Å²) in [6.45, 7) is 8.60. The summed E-state index contributed by atoms with van der Waals surface area (Å²) >= 11 is 3.28. The number of hydrogen-bond acceptors (Lipinski definition) is 7. The van der Waals surface area contributed by atoms with Crippen LogP contribution in [0.25, 0.3) is 10.2 Å². The Hall–Kier alpha value is -2.13. The zero-order valence-electron chi connectivity index (χ0n) is 18.7. The van der Waals surface area contributed by atoms with E-state index in [-0.39, 0.29) is 12.0 Å². The topological polar surface area (TPSA) is 54.9 Å². The summed E-state index contributed by atoms with van der Waals surface area (Å²) in [5.41, 5.74) is 1.56. The van der Waals surface area contributed by atoms with E-state index in [1.165, 1.54) is 4.90 Å². The fourth-order valence-electron chi connectivity index (χ4n) is 3.59. The Morgan fingerprint density at radius 3 is 2.66 bits per heavy atom. The molecule has 8 heteroatoms. The summed E-state index contributed by atoms with van der Waals surface area (Å²) in [5.74, 6) is 0.722. The molecule has 3 aromatic rings. The molecule has 4 rings (SSSR count). The molecule has 0 radical (unpaired) electrons. The number of carbonyl (C=O) groups excluding carboxylic acids is 1. The molecule has 1 aliphatic heterocycles. The number of amides is 1. The van der Waals surface area contributed by atoms with Gasteiger partial charge in [-0.1, -0.05) is 11.3 Å². The second-order valence-electron chi connectivity index (χ2n) is 7.93. The lowest BCUT2D eigenvalue weighted by molar-refractivity contribution is 0.0391. The molecule has 0 saturated carbocycles. The third kappa shape index (κ3) is 5.61. The maximum Gasteiger partial charge on any atom is 0.260 e. The first-order valence-electron chi connectivity index (χ1n) is 10.9. The SMILES string of the molecule is CSc1ccc2nc(N(CCN3CCOCC3)C(=O)c3ccc(OC(C)C)cc3)sc2c1. The van der Waals surface area contributed by atoms with Gasteiger partial charge in [0.1, 0.15) is 5.75 Å². The van der Waals surface area contributed by atoms with Crippen LogP contribution >= 0.6 is 23.1 Å². The van der Waals surface area contributed by atoms with Crippen LogP contribution in [0.5, 0.6) is 5.75 Å². The van der Waals surface area contributed by atoms with Crippen LogP contribution in [0.3, 0.4) is 0 Å². The van der Waals surface area contributed by atoms with E-state index in [1.807, 2.05) is 49.1 Å². The Morgan fingerprint density at radius 2 is 1.97 bits per heavy atom. The zero-order chi connectivity index (χ0) is 22.5. The summed E-state index contributed by atoms with van der Waals surface area (Å²) in [7, 11) is 0. The third-order valence-electron chi connectivity index (χ3n) is 5.28. The highest BCUT2D eigenvalue weighted by Crippen LogP contribution is 2.32. The van der Waals surface area contributed by atoms with Gasteiger partial charge in [0.25, 0.3) is 5.91 Å². The zero-order valence-corrected chi connectivity index (χ0v) is 20.4. The first-order chi connectivity index (χ1) is 15.5. The predicted molar refractivity (Wildman–Crippen MR) is 133 cm³/mol. The molecule has 2 heterocycles. The number of anilines is 1. The van der Waals surface area contributed by atoms with Gasteiger partial charge in [0.15, 0.2) is 5.13 Å². The van der Waals surface area contributed by atoms with E-state index in [0.29, 0.717) is 12.1 Å². The number of hydrogen-bond donors (Lipinski definition) is 0. The van der Waals surface area contributed by atoms with Crippen LogP contribution in [-0.4, -0.2) is 67.5 Å². The van der Waals surface area contributed by atoms with Gasteiger partial charge in [0.05, 0.1) is 29.5 Å². The highest BCUT2D eigenvalue weighted by Gasteiger charge is 2.23. The van der Waals surface area contributed by atoms with Crippen molar-refractivity contribution in [3.8, 4) is 5.75 Å². The molecule has 0 aliphatic carbocycles. The number of rotatable bonds is 8. The molecule has 32 heavy (non-hydrogen) atoms. The Morgan fingerprint density at radius 1 is 1.22 bits per heavy atom. The summed E-state index contributed by atoms with van der Waals surface area (Å²) in [6, 6.07) is 13.6. The first kappa shape index (κ1) is 23.0. The lowest BCUT2D eigenvalue weighted by atomic mass is 10.2. The van der Waals surface area contributed by atoms with Gasteiger partial charge >= 0.3 is 0 Å². The van der Waals surface area contributed by atoms with E-state index in [9.17, 15) is 4.79 Å². The second-order valence-corrected chi connectivity index (χ2v) is 9.82. The molecule has 0 N–H and O–H groups in total. The molecule has 170 valence electrons. The third-order valence-corrected chi connectivity index (χ3v) is 7.04. The predicted octanol–water partition coefficient (Wildman–Crippen LogP) is 4.78. The fourth-order valence-corrected chi connectivity index (χ4v) is 5.13. The summed E-state index contributed by atoms with van der Waals surface area (Å²) in [6.07, 6.45) is 2.16. The minimum absolute atomic E-state index is 0.0431.